The van der Waals surface area contributed by atoms with Crippen molar-refractivity contribution in [2.75, 3.05) is 0 Å². The highest BCUT2D eigenvalue weighted by atomic mass is 32.1. The van der Waals surface area contributed by atoms with E-state index in [1.807, 2.05) is 18.3 Å². The molecule has 0 bridgehead atoms. The van der Waals surface area contributed by atoms with Gasteiger partial charge in [-0.2, -0.15) is 0 Å². The summed E-state index contributed by atoms with van der Waals surface area (Å²) in [6.07, 6.45) is 4.52. The van der Waals surface area contributed by atoms with Crippen molar-refractivity contribution in [3.8, 4) is 10.7 Å². The van der Waals surface area contributed by atoms with Crippen LogP contribution in [0.15, 0.2) is 18.3 Å². The van der Waals surface area contributed by atoms with Crippen LogP contribution >= 0.6 is 11.3 Å². The third kappa shape index (κ3) is 1.50. The van der Waals surface area contributed by atoms with Crippen LogP contribution in [0.5, 0.6) is 0 Å². The summed E-state index contributed by atoms with van der Waals surface area (Å²) in [6.45, 7) is 0. The number of aliphatic hydroxyl groups excluding tert-OH is 1. The molecule has 0 saturated heterocycles. The third-order valence-electron chi connectivity index (χ3n) is 2.75. The maximum Gasteiger partial charge on any atom is 0.140 e. The lowest BCUT2D eigenvalue weighted by atomic mass is 10.0. The summed E-state index contributed by atoms with van der Waals surface area (Å²) in [5, 5.41) is 10.8. The van der Waals surface area contributed by atoms with Gasteiger partial charge in [-0.15, -0.1) is 11.3 Å². The Morgan fingerprint density at radius 2 is 2.47 bits per heavy atom. The van der Waals surface area contributed by atoms with Crippen molar-refractivity contribution in [2.45, 2.75) is 25.4 Å². The summed E-state index contributed by atoms with van der Waals surface area (Å²) in [5.74, 6) is 0. The predicted octanol–water partition coefficient (Wildman–Crippen LogP) is 2.51. The standard InChI is InChI=1S/C11H12N2OS/c14-9-5-1-3-7-10(9)15-11(13-7)8-4-2-6-12-8/h2,4,6,9,12,14H,1,3,5H2. The van der Waals surface area contributed by atoms with Gasteiger partial charge in [0.1, 0.15) is 5.01 Å². The average molecular weight is 220 g/mol. The molecule has 2 heterocycles. The summed E-state index contributed by atoms with van der Waals surface area (Å²) in [6, 6.07) is 3.98. The van der Waals surface area contributed by atoms with Crippen molar-refractivity contribution >= 4 is 11.3 Å². The molecule has 0 fully saturated rings. The number of hydrogen-bond acceptors (Lipinski definition) is 3. The number of aliphatic hydroxyl groups is 1. The molecule has 4 heteroatoms. The number of aromatic nitrogens is 2. The number of thiazole rings is 1. The topological polar surface area (TPSA) is 48.9 Å². The lowest BCUT2D eigenvalue weighted by molar-refractivity contribution is 0.160. The third-order valence-corrected chi connectivity index (χ3v) is 3.98. The monoisotopic (exact) mass is 220 g/mol. The van der Waals surface area contributed by atoms with Crippen LogP contribution in [-0.4, -0.2) is 15.1 Å². The van der Waals surface area contributed by atoms with Crippen LogP contribution in [0.4, 0.5) is 0 Å². The Bertz CT molecular complexity index is 461. The van der Waals surface area contributed by atoms with Crippen molar-refractivity contribution in [2.24, 2.45) is 0 Å². The first kappa shape index (κ1) is 9.12. The van der Waals surface area contributed by atoms with Gasteiger partial charge in [0.25, 0.3) is 0 Å². The molecule has 2 N–H and O–H groups in total. The first-order valence-corrected chi connectivity index (χ1v) is 5.97. The van der Waals surface area contributed by atoms with Gasteiger partial charge in [0, 0.05) is 6.20 Å². The van der Waals surface area contributed by atoms with E-state index in [9.17, 15) is 5.11 Å². The number of nitrogens with zero attached hydrogens (tertiary/aromatic N) is 1. The van der Waals surface area contributed by atoms with E-state index >= 15 is 0 Å². The van der Waals surface area contributed by atoms with Gasteiger partial charge in [-0.05, 0) is 31.4 Å². The highest BCUT2D eigenvalue weighted by Gasteiger charge is 2.23. The largest absolute Gasteiger partial charge is 0.388 e. The van der Waals surface area contributed by atoms with Crippen molar-refractivity contribution in [1.29, 1.82) is 0 Å². The van der Waals surface area contributed by atoms with E-state index in [1.54, 1.807) is 11.3 Å². The average Bonchev–Trinajstić information content (AvgIpc) is 2.86. The quantitative estimate of drug-likeness (QED) is 0.775. The number of nitrogens with one attached hydrogen (secondary N) is 1. The molecule has 0 radical (unpaired) electrons. The Morgan fingerprint density at radius 1 is 1.53 bits per heavy atom. The van der Waals surface area contributed by atoms with Gasteiger partial charge in [-0.3, -0.25) is 0 Å². The molecule has 0 amide bonds. The molecule has 78 valence electrons. The lowest BCUT2D eigenvalue weighted by Crippen LogP contribution is -2.06. The molecule has 15 heavy (non-hydrogen) atoms. The van der Waals surface area contributed by atoms with E-state index in [2.05, 4.69) is 9.97 Å². The summed E-state index contributed by atoms with van der Waals surface area (Å²) in [7, 11) is 0. The highest BCUT2D eigenvalue weighted by molar-refractivity contribution is 7.15. The van der Waals surface area contributed by atoms with Gasteiger partial charge < -0.3 is 10.1 Å². The fourth-order valence-electron chi connectivity index (χ4n) is 1.98. The van der Waals surface area contributed by atoms with Gasteiger partial charge in [0.2, 0.25) is 0 Å². The van der Waals surface area contributed by atoms with Crippen LogP contribution in [0, 0.1) is 0 Å². The smallest absolute Gasteiger partial charge is 0.140 e. The number of fused-ring (bicyclic) bond motifs is 1. The fourth-order valence-corrected chi connectivity index (χ4v) is 3.10. The minimum absolute atomic E-state index is 0.296. The highest BCUT2D eigenvalue weighted by Crippen LogP contribution is 2.37. The van der Waals surface area contributed by atoms with Gasteiger partial charge in [-0.1, -0.05) is 0 Å². The Hall–Kier alpha value is -1.13. The van der Waals surface area contributed by atoms with E-state index in [-0.39, 0.29) is 6.10 Å². The molecule has 3 rings (SSSR count). The van der Waals surface area contributed by atoms with Crippen LogP contribution in [0.2, 0.25) is 0 Å². The number of aromatic amines is 1. The molecule has 0 aromatic carbocycles. The van der Waals surface area contributed by atoms with Crippen LogP contribution in [0.25, 0.3) is 10.7 Å². The van der Waals surface area contributed by atoms with Crippen LogP contribution in [-0.2, 0) is 6.42 Å². The van der Waals surface area contributed by atoms with Gasteiger partial charge in [0.05, 0.1) is 22.4 Å². The van der Waals surface area contributed by atoms with E-state index in [1.165, 1.54) is 0 Å². The molecule has 1 aliphatic rings. The first-order chi connectivity index (χ1) is 7.34. The second-order valence-corrected chi connectivity index (χ2v) is 4.85. The molecule has 2 aromatic rings. The number of rotatable bonds is 1. The summed E-state index contributed by atoms with van der Waals surface area (Å²) < 4.78 is 0. The Balaban J connectivity index is 2.06. The summed E-state index contributed by atoms with van der Waals surface area (Å²) in [5.41, 5.74) is 2.13. The normalized spacial score (nSPS) is 20.2. The van der Waals surface area contributed by atoms with Gasteiger partial charge in [0.15, 0.2) is 0 Å². The van der Waals surface area contributed by atoms with Crippen LogP contribution in [0.3, 0.4) is 0 Å². The SMILES string of the molecule is OC1CCCc2nc(-c3ccc[nH]3)sc21. The number of aryl methyl sites for hydroxylation is 1. The van der Waals surface area contributed by atoms with Crippen molar-refractivity contribution in [3.63, 3.8) is 0 Å². The molecular weight excluding hydrogens is 208 g/mol. The first-order valence-electron chi connectivity index (χ1n) is 5.16. The lowest BCUT2D eigenvalue weighted by Gasteiger charge is -2.14. The predicted molar refractivity (Wildman–Crippen MR) is 59.8 cm³/mol. The van der Waals surface area contributed by atoms with Crippen molar-refractivity contribution in [3.05, 3.63) is 28.9 Å². The Morgan fingerprint density at radius 3 is 3.20 bits per heavy atom. The van der Waals surface area contributed by atoms with E-state index in [4.69, 9.17) is 0 Å². The summed E-state index contributed by atoms with van der Waals surface area (Å²) in [4.78, 5) is 8.78. The van der Waals surface area contributed by atoms with Gasteiger partial charge in [-0.25, -0.2) is 4.98 Å². The fraction of sp³-hybridized carbons (Fsp3) is 0.364. The zero-order chi connectivity index (χ0) is 10.3. The van der Waals surface area contributed by atoms with Crippen LogP contribution < -0.4 is 0 Å². The van der Waals surface area contributed by atoms with Crippen molar-refractivity contribution < 1.29 is 5.11 Å². The minimum atomic E-state index is -0.296. The van der Waals surface area contributed by atoms with E-state index in [0.29, 0.717) is 0 Å². The number of H-pyrrole nitrogens is 1. The minimum Gasteiger partial charge on any atom is -0.388 e. The molecule has 0 saturated carbocycles. The Labute approximate surface area is 91.8 Å². The second kappa shape index (κ2) is 3.47. The molecule has 0 spiro atoms. The van der Waals surface area contributed by atoms with Gasteiger partial charge >= 0.3 is 0 Å². The molecule has 1 atom stereocenters. The zero-order valence-electron chi connectivity index (χ0n) is 8.23. The molecule has 0 aliphatic heterocycles. The molecular formula is C11H12N2OS. The van der Waals surface area contributed by atoms with E-state index < -0.39 is 0 Å². The van der Waals surface area contributed by atoms with Crippen LogP contribution in [0.1, 0.15) is 29.5 Å². The van der Waals surface area contributed by atoms with E-state index in [0.717, 1.165) is 40.5 Å². The molecule has 2 aromatic heterocycles. The maximum absolute atomic E-state index is 9.83. The summed E-state index contributed by atoms with van der Waals surface area (Å²) >= 11 is 1.61. The molecule has 1 unspecified atom stereocenters. The maximum atomic E-state index is 9.83. The second-order valence-electron chi connectivity index (χ2n) is 3.82. The number of hydrogen-bond donors (Lipinski definition) is 2. The van der Waals surface area contributed by atoms with Crippen molar-refractivity contribution in [1.82, 2.24) is 9.97 Å². The molecule has 3 nitrogen and oxygen atoms in total. The Kier molecular flexibility index (Phi) is 2.11. The molecule has 1 aliphatic carbocycles. The zero-order valence-corrected chi connectivity index (χ0v) is 9.05.